The number of benzene rings is 1. The summed E-state index contributed by atoms with van der Waals surface area (Å²) in [6.45, 7) is 4.66. The van der Waals surface area contributed by atoms with Crippen LogP contribution >= 0.6 is 0 Å². The molecule has 1 fully saturated rings. The van der Waals surface area contributed by atoms with Crippen LogP contribution in [0.5, 0.6) is 5.75 Å². The molecule has 3 N–H and O–H groups in total. The number of aromatic hydroxyl groups is 1. The van der Waals surface area contributed by atoms with Crippen molar-refractivity contribution in [1.29, 1.82) is 0 Å². The molecule has 0 saturated carbocycles. The van der Waals surface area contributed by atoms with Gasteiger partial charge in [0.15, 0.2) is 0 Å². The molecule has 3 nitrogen and oxygen atoms in total. The Bertz CT molecular complexity index is 559. The van der Waals surface area contributed by atoms with Gasteiger partial charge in [0.1, 0.15) is 5.75 Å². The largest absolute Gasteiger partial charge is 0.508 e. The van der Waals surface area contributed by atoms with Crippen molar-refractivity contribution in [2.24, 2.45) is 5.73 Å². The Morgan fingerprint density at radius 3 is 2.00 bits per heavy atom. The van der Waals surface area contributed by atoms with Gasteiger partial charge in [-0.3, -0.25) is 4.90 Å². The second-order valence-corrected chi connectivity index (χ2v) is 10.2. The fourth-order valence-electron chi connectivity index (χ4n) is 5.35. The zero-order valence-electron chi connectivity index (χ0n) is 21.1. The van der Waals surface area contributed by atoms with E-state index in [1.165, 1.54) is 121 Å². The Hall–Kier alpha value is -1.06. The maximum absolute atomic E-state index is 9.42. The maximum atomic E-state index is 9.42. The van der Waals surface area contributed by atoms with Gasteiger partial charge < -0.3 is 10.8 Å². The van der Waals surface area contributed by atoms with Crippen molar-refractivity contribution in [2.75, 3.05) is 13.1 Å². The molecule has 1 aromatic rings. The smallest absolute Gasteiger partial charge is 0.115 e. The quantitative estimate of drug-likeness (QED) is 0.216. The minimum atomic E-state index is 0.346. The number of likely N-dealkylation sites (tertiary alicyclic amines) is 1. The number of nitrogens with zero attached hydrogens (tertiary/aromatic N) is 1. The molecule has 0 radical (unpaired) electrons. The number of hydrogen-bond donors (Lipinski definition) is 2. The first-order valence-electron chi connectivity index (χ1n) is 14.0. The van der Waals surface area contributed by atoms with E-state index in [1.807, 2.05) is 12.1 Å². The minimum absolute atomic E-state index is 0.346. The fourth-order valence-corrected chi connectivity index (χ4v) is 5.35. The molecule has 3 heteroatoms. The molecule has 2 unspecified atom stereocenters. The predicted molar refractivity (Wildman–Crippen MR) is 139 cm³/mol. The van der Waals surface area contributed by atoms with E-state index in [4.69, 9.17) is 5.73 Å². The van der Waals surface area contributed by atoms with Crippen molar-refractivity contribution in [1.82, 2.24) is 4.90 Å². The number of nitrogens with two attached hydrogens (primary N) is 1. The Balaban J connectivity index is 1.45. The summed E-state index contributed by atoms with van der Waals surface area (Å²) in [5.74, 6) is 0.354. The molecule has 0 amide bonds. The zero-order chi connectivity index (χ0) is 22.9. The summed E-state index contributed by atoms with van der Waals surface area (Å²) >= 11 is 0. The summed E-state index contributed by atoms with van der Waals surface area (Å²) in [6, 6.07) is 8.60. The van der Waals surface area contributed by atoms with Gasteiger partial charge in [0.25, 0.3) is 0 Å². The van der Waals surface area contributed by atoms with Crippen LogP contribution in [-0.4, -0.2) is 35.2 Å². The van der Waals surface area contributed by atoms with E-state index in [0.717, 1.165) is 13.0 Å². The van der Waals surface area contributed by atoms with Gasteiger partial charge in [-0.15, -0.1) is 0 Å². The van der Waals surface area contributed by atoms with Crippen LogP contribution < -0.4 is 5.73 Å². The maximum Gasteiger partial charge on any atom is 0.115 e. The van der Waals surface area contributed by atoms with Gasteiger partial charge in [-0.1, -0.05) is 103 Å². The average Bonchev–Trinajstić information content (AvgIpc) is 3.27. The van der Waals surface area contributed by atoms with Gasteiger partial charge in [-0.05, 0) is 62.9 Å². The molecule has 2 atom stereocenters. The average molecular weight is 445 g/mol. The van der Waals surface area contributed by atoms with Crippen molar-refractivity contribution in [2.45, 2.75) is 135 Å². The number of unbranched alkanes of at least 4 members (excludes halogenated alkanes) is 12. The van der Waals surface area contributed by atoms with Crippen molar-refractivity contribution < 1.29 is 5.11 Å². The highest BCUT2D eigenvalue weighted by Gasteiger charge is 2.28. The fraction of sp³-hybridized carbons (Fsp3) is 0.793. The van der Waals surface area contributed by atoms with Crippen molar-refractivity contribution in [3.8, 4) is 5.75 Å². The Labute approximate surface area is 199 Å². The molecule has 0 spiro atoms. The molecule has 1 saturated heterocycles. The van der Waals surface area contributed by atoms with Crippen LogP contribution in [0.15, 0.2) is 24.3 Å². The number of rotatable bonds is 19. The number of phenolic OH excluding ortho intramolecular Hbond substituents is 1. The third kappa shape index (κ3) is 11.7. The zero-order valence-corrected chi connectivity index (χ0v) is 21.1. The lowest BCUT2D eigenvalue weighted by Gasteiger charge is -2.29. The Morgan fingerprint density at radius 2 is 1.41 bits per heavy atom. The predicted octanol–water partition coefficient (Wildman–Crippen LogP) is 7.60. The molecule has 2 rings (SSSR count). The summed E-state index contributed by atoms with van der Waals surface area (Å²) in [5, 5.41) is 9.42. The van der Waals surface area contributed by atoms with Crippen molar-refractivity contribution >= 4 is 0 Å². The number of aryl methyl sites for hydroxylation is 1. The van der Waals surface area contributed by atoms with Crippen LogP contribution in [0, 0.1) is 0 Å². The summed E-state index contributed by atoms with van der Waals surface area (Å²) in [7, 11) is 0. The highest BCUT2D eigenvalue weighted by molar-refractivity contribution is 5.25. The molecule has 1 aliphatic rings. The van der Waals surface area contributed by atoms with Gasteiger partial charge in [0.2, 0.25) is 0 Å². The second kappa shape index (κ2) is 17.4. The van der Waals surface area contributed by atoms with E-state index in [1.54, 1.807) is 12.1 Å². The molecule has 0 aromatic heterocycles. The summed E-state index contributed by atoms with van der Waals surface area (Å²) in [6.07, 6.45) is 24.4. The third-order valence-corrected chi connectivity index (χ3v) is 7.40. The van der Waals surface area contributed by atoms with Gasteiger partial charge in [-0.2, -0.15) is 0 Å². The lowest BCUT2D eigenvalue weighted by molar-refractivity contribution is 0.214. The monoisotopic (exact) mass is 444 g/mol. The van der Waals surface area contributed by atoms with Crippen LogP contribution in [0.1, 0.15) is 122 Å². The normalized spacial score (nSPS) is 17.8. The van der Waals surface area contributed by atoms with Crippen LogP contribution in [-0.2, 0) is 6.42 Å². The van der Waals surface area contributed by atoms with Crippen LogP contribution in [0.4, 0.5) is 0 Å². The van der Waals surface area contributed by atoms with E-state index >= 15 is 0 Å². The highest BCUT2D eigenvalue weighted by atomic mass is 16.3. The van der Waals surface area contributed by atoms with E-state index < -0.39 is 0 Å². The highest BCUT2D eigenvalue weighted by Crippen LogP contribution is 2.23. The van der Waals surface area contributed by atoms with Gasteiger partial charge in [0, 0.05) is 12.1 Å². The van der Waals surface area contributed by atoms with Crippen LogP contribution in [0.3, 0.4) is 0 Å². The topological polar surface area (TPSA) is 49.5 Å². The Kier molecular flexibility index (Phi) is 14.8. The standard InChI is InChI=1S/C29H52N2O/c1-2-3-4-5-6-7-8-9-10-11-12-13-14-18-28(30)29-19-16-25-31(29)24-15-17-26-20-22-27(32)23-21-26/h20-23,28-29,32H,2-19,24-25,30H2,1H3. The molecule has 0 bridgehead atoms. The molecule has 32 heavy (non-hydrogen) atoms. The summed E-state index contributed by atoms with van der Waals surface area (Å²) < 4.78 is 0. The van der Waals surface area contributed by atoms with Crippen molar-refractivity contribution in [3.05, 3.63) is 29.8 Å². The lowest BCUT2D eigenvalue weighted by atomic mass is 9.98. The molecule has 1 aliphatic heterocycles. The molecular formula is C29H52N2O. The summed E-state index contributed by atoms with van der Waals surface area (Å²) in [4.78, 5) is 2.65. The van der Waals surface area contributed by atoms with E-state index in [-0.39, 0.29) is 0 Å². The van der Waals surface area contributed by atoms with Gasteiger partial charge in [-0.25, -0.2) is 0 Å². The first-order valence-corrected chi connectivity index (χ1v) is 14.0. The molecular weight excluding hydrogens is 392 g/mol. The second-order valence-electron chi connectivity index (χ2n) is 10.2. The molecule has 0 aliphatic carbocycles. The SMILES string of the molecule is CCCCCCCCCCCCCCCC(N)C1CCCN1CCCc1ccc(O)cc1. The molecule has 1 aromatic carbocycles. The van der Waals surface area contributed by atoms with Crippen LogP contribution in [0.2, 0.25) is 0 Å². The number of phenols is 1. The van der Waals surface area contributed by atoms with Crippen LogP contribution in [0.25, 0.3) is 0 Å². The van der Waals surface area contributed by atoms with E-state index in [2.05, 4.69) is 11.8 Å². The molecule has 1 heterocycles. The van der Waals surface area contributed by atoms with E-state index in [0.29, 0.717) is 17.8 Å². The third-order valence-electron chi connectivity index (χ3n) is 7.40. The van der Waals surface area contributed by atoms with E-state index in [9.17, 15) is 5.11 Å². The first kappa shape index (κ1) is 27.2. The number of hydrogen-bond acceptors (Lipinski definition) is 3. The Morgan fingerprint density at radius 1 is 0.844 bits per heavy atom. The minimum Gasteiger partial charge on any atom is -0.508 e. The van der Waals surface area contributed by atoms with Gasteiger partial charge >= 0.3 is 0 Å². The lowest BCUT2D eigenvalue weighted by Crippen LogP contribution is -2.44. The first-order chi connectivity index (χ1) is 15.7. The van der Waals surface area contributed by atoms with Crippen molar-refractivity contribution in [3.63, 3.8) is 0 Å². The van der Waals surface area contributed by atoms with Gasteiger partial charge in [0.05, 0.1) is 0 Å². The summed E-state index contributed by atoms with van der Waals surface area (Å²) in [5.41, 5.74) is 7.95. The molecule has 184 valence electrons.